The molecule has 3 N–H and O–H groups in total. The number of aromatic nitrogens is 3. The minimum Gasteiger partial charge on any atom is -0.495 e. The molecule has 0 saturated carbocycles. The molecule has 0 bridgehead atoms. The van der Waals surface area contributed by atoms with Crippen molar-refractivity contribution < 1.29 is 35.9 Å². The molecule has 0 radical (unpaired) electrons. The zero-order chi connectivity index (χ0) is 25.2. The van der Waals surface area contributed by atoms with Crippen molar-refractivity contribution in [2.24, 2.45) is 5.73 Å². The highest BCUT2D eigenvalue weighted by Gasteiger charge is 2.28. The van der Waals surface area contributed by atoms with Crippen molar-refractivity contribution in [3.8, 4) is 17.2 Å². The van der Waals surface area contributed by atoms with E-state index in [1.54, 1.807) is 23.1 Å². The number of methoxy groups -OCH3 is 2. The van der Waals surface area contributed by atoms with E-state index < -0.39 is 16.6 Å². The van der Waals surface area contributed by atoms with Crippen molar-refractivity contribution in [2.75, 3.05) is 18.9 Å². The zero-order valence-electron chi connectivity index (χ0n) is 18.6. The molecule has 0 unspecified atom stereocenters. The summed E-state index contributed by atoms with van der Waals surface area (Å²) in [4.78, 5) is -0.302. The van der Waals surface area contributed by atoms with Crippen molar-refractivity contribution in [1.82, 2.24) is 14.9 Å². The second-order valence-corrected chi connectivity index (χ2v) is 8.84. The van der Waals surface area contributed by atoms with Gasteiger partial charge in [-0.15, -0.1) is 0 Å². The third-order valence-corrected chi connectivity index (χ3v) is 6.37. The lowest BCUT2D eigenvalue weighted by atomic mass is 10.1. The van der Waals surface area contributed by atoms with Gasteiger partial charge in [-0.1, -0.05) is 11.2 Å². The van der Waals surface area contributed by atoms with Crippen molar-refractivity contribution in [1.29, 1.82) is 0 Å². The van der Waals surface area contributed by atoms with Crippen LogP contribution >= 0.6 is 0 Å². The van der Waals surface area contributed by atoms with E-state index in [4.69, 9.17) is 19.7 Å². The van der Waals surface area contributed by atoms with Gasteiger partial charge in [0.25, 0.3) is 10.0 Å². The van der Waals surface area contributed by atoms with E-state index in [-0.39, 0.29) is 45.5 Å². The van der Waals surface area contributed by atoms with E-state index in [2.05, 4.69) is 19.7 Å². The van der Waals surface area contributed by atoms with Crippen LogP contribution in [0.3, 0.4) is 0 Å². The molecule has 11 nitrogen and oxygen atoms in total. The molecule has 186 valence electrons. The summed E-state index contributed by atoms with van der Waals surface area (Å²) in [6, 6.07) is 7.26. The fraction of sp³-hybridized carbons (Fsp3) is 0.238. The molecule has 2 heterocycles. The Kier molecular flexibility index (Phi) is 6.75. The average molecular weight is 509 g/mol. The lowest BCUT2D eigenvalue weighted by Crippen LogP contribution is -2.16. The van der Waals surface area contributed by atoms with Crippen LogP contribution in [0.4, 0.5) is 14.6 Å². The topological polar surface area (TPSA) is 144 Å². The molecule has 4 rings (SSSR count). The molecule has 0 aliphatic carbocycles. The van der Waals surface area contributed by atoms with Crippen molar-refractivity contribution in [3.05, 3.63) is 53.9 Å². The van der Waals surface area contributed by atoms with Gasteiger partial charge in [-0.3, -0.25) is 9.40 Å². The molecule has 35 heavy (non-hydrogen) atoms. The van der Waals surface area contributed by atoms with E-state index in [0.717, 1.165) is 5.56 Å². The molecule has 0 atom stereocenters. The van der Waals surface area contributed by atoms with Crippen LogP contribution in [-0.4, -0.2) is 44.2 Å². The SMILES string of the molecule is COc1cccc(OC)c1S(=O)(=O)Nc1noc2cc(Cn3cc(CN)cn3)cc(OC(F)F)c12. The van der Waals surface area contributed by atoms with Gasteiger partial charge in [0, 0.05) is 18.3 Å². The van der Waals surface area contributed by atoms with Crippen LogP contribution in [-0.2, 0) is 23.1 Å². The van der Waals surface area contributed by atoms with Crippen LogP contribution in [0, 0.1) is 0 Å². The Hall–Kier alpha value is -3.91. The standard InChI is InChI=1S/C21H21F2N5O6S/c1-31-14-4-3-5-15(32-2)19(14)35(29,30)27-20-18-16(33-21(22)23)6-12(7-17(18)34-26-20)10-28-11-13(8-24)9-25-28/h3-7,9,11,21H,8,10,24H2,1-2H3,(H,26,27). The van der Waals surface area contributed by atoms with E-state index >= 15 is 0 Å². The van der Waals surface area contributed by atoms with Gasteiger partial charge >= 0.3 is 6.61 Å². The number of nitrogens with zero attached hydrogens (tertiary/aromatic N) is 3. The number of sulfonamides is 1. The van der Waals surface area contributed by atoms with Gasteiger partial charge < -0.3 is 24.5 Å². The quantitative estimate of drug-likeness (QED) is 0.330. The monoisotopic (exact) mass is 509 g/mol. The summed E-state index contributed by atoms with van der Waals surface area (Å²) >= 11 is 0. The first-order valence-electron chi connectivity index (χ1n) is 10.1. The summed E-state index contributed by atoms with van der Waals surface area (Å²) < 4.78 is 76.9. The van der Waals surface area contributed by atoms with Gasteiger partial charge in [0.15, 0.2) is 16.3 Å². The van der Waals surface area contributed by atoms with Gasteiger partial charge in [0.2, 0.25) is 0 Å². The maximum absolute atomic E-state index is 13.2. The Morgan fingerprint density at radius 3 is 2.46 bits per heavy atom. The predicted octanol–water partition coefficient (Wildman–Crippen LogP) is 2.95. The molecule has 0 aliphatic heterocycles. The van der Waals surface area contributed by atoms with Gasteiger partial charge in [-0.05, 0) is 29.8 Å². The highest BCUT2D eigenvalue weighted by molar-refractivity contribution is 7.93. The van der Waals surface area contributed by atoms with Gasteiger partial charge in [0.05, 0.1) is 27.0 Å². The molecule has 0 aliphatic rings. The smallest absolute Gasteiger partial charge is 0.387 e. The molecule has 0 saturated heterocycles. The maximum atomic E-state index is 13.2. The van der Waals surface area contributed by atoms with Crippen LogP contribution < -0.4 is 24.7 Å². The highest BCUT2D eigenvalue weighted by atomic mass is 32.2. The minimum absolute atomic E-state index is 0.00654. The number of hydrogen-bond acceptors (Lipinski definition) is 9. The molecule has 0 spiro atoms. The summed E-state index contributed by atoms with van der Waals surface area (Å²) in [5.41, 5.74) is 6.90. The molecular weight excluding hydrogens is 488 g/mol. The fourth-order valence-electron chi connectivity index (χ4n) is 3.49. The van der Waals surface area contributed by atoms with Crippen molar-refractivity contribution in [2.45, 2.75) is 24.6 Å². The first kappa shape index (κ1) is 24.2. The van der Waals surface area contributed by atoms with E-state index in [1.165, 1.54) is 38.5 Å². The average Bonchev–Trinajstić information content (AvgIpc) is 3.44. The number of hydrogen-bond donors (Lipinski definition) is 2. The van der Waals surface area contributed by atoms with Crippen molar-refractivity contribution >= 4 is 26.8 Å². The molecule has 2 aromatic heterocycles. The summed E-state index contributed by atoms with van der Waals surface area (Å²) in [5.74, 6) is -0.663. The Bertz CT molecular complexity index is 1430. The summed E-state index contributed by atoms with van der Waals surface area (Å²) in [5, 5.41) is 7.81. The van der Waals surface area contributed by atoms with Crippen LogP contribution in [0.25, 0.3) is 11.0 Å². The first-order valence-corrected chi connectivity index (χ1v) is 11.6. The maximum Gasteiger partial charge on any atom is 0.387 e. The second kappa shape index (κ2) is 9.76. The van der Waals surface area contributed by atoms with Crippen LogP contribution in [0.5, 0.6) is 17.2 Å². The van der Waals surface area contributed by atoms with Crippen LogP contribution in [0.1, 0.15) is 11.1 Å². The number of anilines is 1. The molecule has 4 aromatic rings. The fourth-order valence-corrected chi connectivity index (χ4v) is 4.81. The minimum atomic E-state index is -4.36. The van der Waals surface area contributed by atoms with E-state index in [0.29, 0.717) is 12.1 Å². The number of ether oxygens (including phenoxy) is 3. The summed E-state index contributed by atoms with van der Waals surface area (Å²) in [6.07, 6.45) is 3.29. The number of fused-ring (bicyclic) bond motifs is 1. The van der Waals surface area contributed by atoms with Gasteiger partial charge in [-0.25, -0.2) is 8.42 Å². The Balaban J connectivity index is 1.76. The van der Waals surface area contributed by atoms with Gasteiger partial charge in [-0.2, -0.15) is 13.9 Å². The van der Waals surface area contributed by atoms with E-state index in [1.807, 2.05) is 0 Å². The Labute approximate surface area is 198 Å². The number of rotatable bonds is 10. The zero-order valence-corrected chi connectivity index (χ0v) is 19.4. The van der Waals surface area contributed by atoms with Crippen LogP contribution in [0.15, 0.2) is 52.1 Å². The first-order chi connectivity index (χ1) is 16.7. The Morgan fingerprint density at radius 2 is 1.86 bits per heavy atom. The summed E-state index contributed by atoms with van der Waals surface area (Å²) in [6.45, 7) is -2.70. The van der Waals surface area contributed by atoms with E-state index in [9.17, 15) is 17.2 Å². The predicted molar refractivity (Wildman–Crippen MR) is 120 cm³/mol. The molecule has 0 amide bonds. The molecule has 2 aromatic carbocycles. The molecule has 14 heteroatoms. The molecule has 0 fully saturated rings. The normalized spacial score (nSPS) is 11.7. The number of nitrogens with one attached hydrogen (secondary N) is 1. The second-order valence-electron chi connectivity index (χ2n) is 7.22. The highest BCUT2D eigenvalue weighted by Crippen LogP contribution is 2.38. The number of benzene rings is 2. The third kappa shape index (κ3) is 4.97. The lowest BCUT2D eigenvalue weighted by Gasteiger charge is -2.14. The largest absolute Gasteiger partial charge is 0.495 e. The molecular formula is C21H21F2N5O6S. The summed E-state index contributed by atoms with van der Waals surface area (Å²) in [7, 11) is -1.76. The number of halogens is 2. The van der Waals surface area contributed by atoms with Crippen molar-refractivity contribution in [3.63, 3.8) is 0 Å². The number of alkyl halides is 2. The Morgan fingerprint density at radius 1 is 1.14 bits per heavy atom. The number of nitrogens with two attached hydrogens (primary N) is 1. The third-order valence-electron chi connectivity index (χ3n) is 4.96. The van der Waals surface area contributed by atoms with Crippen LogP contribution in [0.2, 0.25) is 0 Å². The van der Waals surface area contributed by atoms with Gasteiger partial charge in [0.1, 0.15) is 22.6 Å². The lowest BCUT2D eigenvalue weighted by molar-refractivity contribution is -0.0488.